The van der Waals surface area contributed by atoms with Gasteiger partial charge in [-0.05, 0) is 54.4 Å². The molecule has 3 aromatic rings. The normalized spacial score (nSPS) is 14.7. The number of furan rings is 1. The van der Waals surface area contributed by atoms with Gasteiger partial charge < -0.3 is 33.7 Å². The number of morpholine rings is 1. The number of fused-ring (bicyclic) bond motifs is 1. The Morgan fingerprint density at radius 3 is 2.59 bits per heavy atom. The van der Waals surface area contributed by atoms with Crippen LogP contribution in [0.4, 0.5) is 10.5 Å². The second-order valence-electron chi connectivity index (χ2n) is 9.69. The van der Waals surface area contributed by atoms with Gasteiger partial charge in [-0.2, -0.15) is 0 Å². The van der Waals surface area contributed by atoms with Crippen LogP contribution < -0.4 is 14.8 Å². The lowest BCUT2D eigenvalue weighted by molar-refractivity contribution is -0.133. The number of carbonyl (C=O) groups excluding carboxylic acids is 2. The molecule has 1 saturated heterocycles. The Morgan fingerprint density at radius 2 is 1.79 bits per heavy atom. The van der Waals surface area contributed by atoms with Crippen molar-refractivity contribution in [2.45, 2.75) is 20.0 Å². The van der Waals surface area contributed by atoms with Crippen molar-refractivity contribution >= 4 is 17.6 Å². The SMILES string of the molecule is Cc1cccc(NC(=O)N(CCN2CCOCC2)CC(=O)N(Cc2ccc3c(c2)OCO3)Cc2ccco2)c1. The van der Waals surface area contributed by atoms with Crippen LogP contribution in [-0.4, -0.2) is 79.4 Å². The van der Waals surface area contributed by atoms with Crippen LogP contribution in [0.5, 0.6) is 11.5 Å². The fraction of sp³-hybridized carbons (Fsp3) is 0.379. The summed E-state index contributed by atoms with van der Waals surface area (Å²) in [6.45, 7) is 6.67. The first kappa shape index (κ1) is 26.6. The summed E-state index contributed by atoms with van der Waals surface area (Å²) in [4.78, 5) is 32.7. The monoisotopic (exact) mass is 534 g/mol. The van der Waals surface area contributed by atoms with Crippen LogP contribution in [0.25, 0.3) is 0 Å². The lowest BCUT2D eigenvalue weighted by Gasteiger charge is -2.31. The number of hydrogen-bond acceptors (Lipinski definition) is 7. The largest absolute Gasteiger partial charge is 0.467 e. The van der Waals surface area contributed by atoms with Crippen LogP contribution in [0.3, 0.4) is 0 Å². The molecule has 3 heterocycles. The van der Waals surface area contributed by atoms with Crippen LogP contribution in [0.15, 0.2) is 65.3 Å². The summed E-state index contributed by atoms with van der Waals surface area (Å²) in [5.74, 6) is 1.81. The Kier molecular flexibility index (Phi) is 8.65. The van der Waals surface area contributed by atoms with Gasteiger partial charge in [0.05, 0.1) is 26.0 Å². The zero-order chi connectivity index (χ0) is 27.0. The Labute approximate surface area is 228 Å². The highest BCUT2D eigenvalue weighted by molar-refractivity contribution is 5.92. The van der Waals surface area contributed by atoms with Gasteiger partial charge in [-0.25, -0.2) is 4.79 Å². The van der Waals surface area contributed by atoms with Gasteiger partial charge in [-0.1, -0.05) is 18.2 Å². The van der Waals surface area contributed by atoms with Crippen LogP contribution in [0.2, 0.25) is 0 Å². The number of nitrogens with zero attached hydrogens (tertiary/aromatic N) is 3. The molecule has 0 unspecified atom stereocenters. The molecule has 2 aliphatic heterocycles. The van der Waals surface area contributed by atoms with E-state index in [0.717, 1.165) is 24.2 Å². The smallest absolute Gasteiger partial charge is 0.322 e. The van der Waals surface area contributed by atoms with Crippen molar-refractivity contribution < 1.29 is 28.2 Å². The van der Waals surface area contributed by atoms with Crippen LogP contribution in [-0.2, 0) is 22.6 Å². The van der Waals surface area contributed by atoms with Crippen molar-refractivity contribution in [3.8, 4) is 11.5 Å². The lowest BCUT2D eigenvalue weighted by Crippen LogP contribution is -2.48. The summed E-state index contributed by atoms with van der Waals surface area (Å²) in [5, 5.41) is 2.96. The topological polar surface area (TPSA) is 96.7 Å². The molecule has 5 rings (SSSR count). The number of aryl methyl sites for hydroxylation is 1. The molecule has 39 heavy (non-hydrogen) atoms. The molecule has 10 heteroatoms. The van der Waals surface area contributed by atoms with E-state index < -0.39 is 0 Å². The van der Waals surface area contributed by atoms with Gasteiger partial charge in [0.2, 0.25) is 12.7 Å². The van der Waals surface area contributed by atoms with Crippen molar-refractivity contribution in [1.29, 1.82) is 0 Å². The number of rotatable bonds is 10. The number of hydrogen-bond donors (Lipinski definition) is 1. The molecule has 0 saturated carbocycles. The Bertz CT molecular complexity index is 1260. The van der Waals surface area contributed by atoms with Crippen molar-refractivity contribution in [2.75, 3.05) is 58.0 Å². The summed E-state index contributed by atoms with van der Waals surface area (Å²) < 4.78 is 21.9. The highest BCUT2D eigenvalue weighted by atomic mass is 16.7. The first-order valence-corrected chi connectivity index (χ1v) is 13.1. The third-order valence-electron chi connectivity index (χ3n) is 6.76. The van der Waals surface area contributed by atoms with Gasteiger partial charge in [-0.3, -0.25) is 9.69 Å². The molecule has 0 bridgehead atoms. The number of nitrogens with one attached hydrogen (secondary N) is 1. The summed E-state index contributed by atoms with van der Waals surface area (Å²) >= 11 is 0. The van der Waals surface area contributed by atoms with Crippen molar-refractivity contribution in [1.82, 2.24) is 14.7 Å². The van der Waals surface area contributed by atoms with E-state index in [1.54, 1.807) is 22.1 Å². The van der Waals surface area contributed by atoms with Gasteiger partial charge >= 0.3 is 6.03 Å². The number of amides is 3. The van der Waals surface area contributed by atoms with E-state index in [4.69, 9.17) is 18.6 Å². The Hall–Kier alpha value is -4.02. The molecular formula is C29H34N4O6. The summed E-state index contributed by atoms with van der Waals surface area (Å²) in [6.07, 6.45) is 1.59. The third kappa shape index (κ3) is 7.30. The van der Waals surface area contributed by atoms with Gasteiger partial charge in [-0.15, -0.1) is 0 Å². The lowest BCUT2D eigenvalue weighted by atomic mass is 10.2. The van der Waals surface area contributed by atoms with Crippen LogP contribution in [0.1, 0.15) is 16.9 Å². The fourth-order valence-corrected chi connectivity index (χ4v) is 4.61. The highest BCUT2D eigenvalue weighted by Gasteiger charge is 2.24. The number of benzene rings is 2. The molecule has 206 valence electrons. The minimum absolute atomic E-state index is 0.0761. The number of anilines is 1. The molecule has 2 aliphatic rings. The molecule has 10 nitrogen and oxygen atoms in total. The molecule has 0 spiro atoms. The predicted molar refractivity (Wildman–Crippen MR) is 145 cm³/mol. The van der Waals surface area contributed by atoms with Crippen molar-refractivity contribution in [2.24, 2.45) is 0 Å². The maximum absolute atomic E-state index is 13.8. The Balaban J connectivity index is 1.31. The third-order valence-corrected chi connectivity index (χ3v) is 6.76. The van der Waals surface area contributed by atoms with E-state index in [9.17, 15) is 9.59 Å². The fourth-order valence-electron chi connectivity index (χ4n) is 4.61. The maximum atomic E-state index is 13.8. The van der Waals surface area contributed by atoms with E-state index in [1.165, 1.54) is 0 Å². The zero-order valence-corrected chi connectivity index (χ0v) is 22.1. The van der Waals surface area contributed by atoms with Crippen molar-refractivity contribution in [3.63, 3.8) is 0 Å². The van der Waals surface area contributed by atoms with E-state index >= 15 is 0 Å². The Morgan fingerprint density at radius 1 is 0.949 bits per heavy atom. The van der Waals surface area contributed by atoms with E-state index in [0.29, 0.717) is 55.8 Å². The van der Waals surface area contributed by atoms with Gasteiger partial charge in [0.25, 0.3) is 0 Å². The standard InChI is InChI=1S/C29H34N4O6/c1-22-4-2-5-24(16-22)30-29(35)32(10-9-31-11-14-36-15-12-31)20-28(34)33(19-25-6-3-13-37-25)18-23-7-8-26-27(17-23)39-21-38-26/h2-8,13,16-17H,9-12,14-15,18-21H2,1H3,(H,30,35). The van der Waals surface area contributed by atoms with Gasteiger partial charge in [0.15, 0.2) is 11.5 Å². The average molecular weight is 535 g/mol. The molecule has 1 aromatic heterocycles. The van der Waals surface area contributed by atoms with E-state index in [-0.39, 0.29) is 31.8 Å². The second-order valence-corrected chi connectivity index (χ2v) is 9.69. The number of ether oxygens (including phenoxy) is 3. The molecule has 0 aliphatic carbocycles. The zero-order valence-electron chi connectivity index (χ0n) is 22.1. The van der Waals surface area contributed by atoms with Gasteiger partial charge in [0, 0.05) is 38.4 Å². The highest BCUT2D eigenvalue weighted by Crippen LogP contribution is 2.33. The molecule has 0 atom stereocenters. The quantitative estimate of drug-likeness (QED) is 0.424. The maximum Gasteiger partial charge on any atom is 0.322 e. The minimum atomic E-state index is -0.316. The number of urea groups is 1. The molecule has 3 amide bonds. The van der Waals surface area contributed by atoms with E-state index in [1.807, 2.05) is 55.5 Å². The van der Waals surface area contributed by atoms with Crippen LogP contribution in [0, 0.1) is 6.92 Å². The minimum Gasteiger partial charge on any atom is -0.467 e. The number of carbonyl (C=O) groups is 2. The summed E-state index contributed by atoms with van der Waals surface area (Å²) in [7, 11) is 0. The molecule has 2 aromatic carbocycles. The van der Waals surface area contributed by atoms with Gasteiger partial charge in [0.1, 0.15) is 12.3 Å². The molecule has 1 N–H and O–H groups in total. The first-order valence-electron chi connectivity index (χ1n) is 13.1. The van der Waals surface area contributed by atoms with Crippen LogP contribution >= 0.6 is 0 Å². The van der Waals surface area contributed by atoms with E-state index in [2.05, 4.69) is 10.2 Å². The first-order chi connectivity index (χ1) is 19.0. The predicted octanol–water partition coefficient (Wildman–Crippen LogP) is 3.71. The molecule has 1 fully saturated rings. The summed E-state index contributed by atoms with van der Waals surface area (Å²) in [5.41, 5.74) is 2.62. The van der Waals surface area contributed by atoms with Crippen molar-refractivity contribution in [3.05, 3.63) is 77.7 Å². The average Bonchev–Trinajstić information content (AvgIpc) is 3.63. The molecular weight excluding hydrogens is 500 g/mol. The molecule has 0 radical (unpaired) electrons. The second kappa shape index (κ2) is 12.7. The summed E-state index contributed by atoms with van der Waals surface area (Å²) in [6, 6.07) is 16.6.